The van der Waals surface area contributed by atoms with Crippen LogP contribution in [-0.4, -0.2) is 31.1 Å². The first kappa shape index (κ1) is 14.0. The van der Waals surface area contributed by atoms with Gasteiger partial charge in [-0.3, -0.25) is 4.90 Å². The van der Waals surface area contributed by atoms with Crippen LogP contribution in [0.3, 0.4) is 0 Å². The molecule has 0 radical (unpaired) electrons. The summed E-state index contributed by atoms with van der Waals surface area (Å²) in [6.07, 6.45) is 5.26. The Hall–Kier alpha value is -0.930. The lowest BCUT2D eigenvalue weighted by molar-refractivity contribution is 0.0599. The molecule has 0 aromatic heterocycles. The van der Waals surface area contributed by atoms with E-state index in [-0.39, 0.29) is 5.82 Å². The molecule has 0 amide bonds. The summed E-state index contributed by atoms with van der Waals surface area (Å²) < 4.78 is 13.4. The largest absolute Gasteiger partial charge is 0.316 e. The van der Waals surface area contributed by atoms with E-state index in [1.54, 1.807) is 12.1 Å². The van der Waals surface area contributed by atoms with Crippen LogP contribution in [0.15, 0.2) is 18.2 Å². The Morgan fingerprint density at radius 3 is 2.95 bits per heavy atom. The van der Waals surface area contributed by atoms with E-state index in [0.29, 0.717) is 5.41 Å². The van der Waals surface area contributed by atoms with Gasteiger partial charge in [0.1, 0.15) is 5.82 Å². The number of likely N-dealkylation sites (tertiary alicyclic amines) is 1. The lowest BCUT2D eigenvalue weighted by atomic mass is 9.74. The van der Waals surface area contributed by atoms with Gasteiger partial charge in [0.2, 0.25) is 0 Å². The SMILES string of the molecule is Cc1ccc(F)cc1CN1CCCC2(CCCNC2)C1. The Morgan fingerprint density at radius 2 is 2.15 bits per heavy atom. The molecule has 1 aromatic rings. The van der Waals surface area contributed by atoms with Crippen molar-refractivity contribution in [1.82, 2.24) is 10.2 Å². The summed E-state index contributed by atoms with van der Waals surface area (Å²) in [5.41, 5.74) is 2.82. The van der Waals surface area contributed by atoms with Gasteiger partial charge in [0.25, 0.3) is 0 Å². The van der Waals surface area contributed by atoms with Crippen LogP contribution in [0.5, 0.6) is 0 Å². The van der Waals surface area contributed by atoms with Crippen LogP contribution < -0.4 is 5.32 Å². The minimum Gasteiger partial charge on any atom is -0.316 e. The zero-order valence-electron chi connectivity index (χ0n) is 12.4. The number of benzene rings is 1. The molecule has 3 rings (SSSR count). The summed E-state index contributed by atoms with van der Waals surface area (Å²) in [7, 11) is 0. The summed E-state index contributed by atoms with van der Waals surface area (Å²) in [6, 6.07) is 5.16. The quantitative estimate of drug-likeness (QED) is 0.893. The third-order valence-electron chi connectivity index (χ3n) is 5.01. The molecule has 0 bridgehead atoms. The average molecular weight is 276 g/mol. The second kappa shape index (κ2) is 5.82. The molecule has 0 saturated carbocycles. The molecule has 2 saturated heterocycles. The maximum absolute atomic E-state index is 13.4. The lowest BCUT2D eigenvalue weighted by Crippen LogP contribution is -2.50. The number of rotatable bonds is 2. The number of hydrogen-bond donors (Lipinski definition) is 1. The van der Waals surface area contributed by atoms with Crippen molar-refractivity contribution in [2.75, 3.05) is 26.2 Å². The summed E-state index contributed by atoms with van der Waals surface area (Å²) in [4.78, 5) is 2.53. The van der Waals surface area contributed by atoms with Crippen LogP contribution in [0.4, 0.5) is 4.39 Å². The highest BCUT2D eigenvalue weighted by molar-refractivity contribution is 5.26. The fourth-order valence-corrected chi connectivity index (χ4v) is 3.88. The molecule has 1 aromatic carbocycles. The molecule has 2 fully saturated rings. The zero-order valence-corrected chi connectivity index (χ0v) is 12.4. The van der Waals surface area contributed by atoms with Gasteiger partial charge >= 0.3 is 0 Å². The Labute approximate surface area is 121 Å². The fourth-order valence-electron chi connectivity index (χ4n) is 3.88. The van der Waals surface area contributed by atoms with Gasteiger partial charge in [-0.15, -0.1) is 0 Å². The Bertz CT molecular complexity index is 461. The Morgan fingerprint density at radius 1 is 1.30 bits per heavy atom. The first-order valence-electron chi connectivity index (χ1n) is 7.85. The minimum absolute atomic E-state index is 0.114. The van der Waals surface area contributed by atoms with E-state index in [2.05, 4.69) is 17.1 Å². The van der Waals surface area contributed by atoms with Crippen molar-refractivity contribution in [3.8, 4) is 0 Å². The van der Waals surface area contributed by atoms with Crippen molar-refractivity contribution in [2.45, 2.75) is 39.2 Å². The molecule has 2 aliphatic heterocycles. The molecule has 20 heavy (non-hydrogen) atoms. The van der Waals surface area contributed by atoms with Crippen molar-refractivity contribution >= 4 is 0 Å². The molecule has 2 heterocycles. The van der Waals surface area contributed by atoms with E-state index in [0.717, 1.165) is 31.7 Å². The topological polar surface area (TPSA) is 15.3 Å². The van der Waals surface area contributed by atoms with Gasteiger partial charge in [-0.2, -0.15) is 0 Å². The maximum atomic E-state index is 13.4. The van der Waals surface area contributed by atoms with Gasteiger partial charge in [0, 0.05) is 19.6 Å². The molecular formula is C17H25FN2. The number of hydrogen-bond acceptors (Lipinski definition) is 2. The molecule has 2 aliphatic rings. The second-order valence-electron chi connectivity index (χ2n) is 6.67. The van der Waals surface area contributed by atoms with Gasteiger partial charge in [-0.25, -0.2) is 4.39 Å². The molecule has 1 atom stereocenters. The summed E-state index contributed by atoms with van der Waals surface area (Å²) >= 11 is 0. The van der Waals surface area contributed by atoms with Gasteiger partial charge in [-0.05, 0) is 74.4 Å². The number of nitrogens with one attached hydrogen (secondary N) is 1. The monoisotopic (exact) mass is 276 g/mol. The molecule has 1 spiro atoms. The normalized spacial score (nSPS) is 27.9. The second-order valence-corrected chi connectivity index (χ2v) is 6.67. The van der Waals surface area contributed by atoms with Gasteiger partial charge < -0.3 is 5.32 Å². The number of aryl methyl sites for hydroxylation is 1. The third-order valence-corrected chi connectivity index (χ3v) is 5.01. The van der Waals surface area contributed by atoms with Crippen LogP contribution in [0.1, 0.15) is 36.8 Å². The lowest BCUT2D eigenvalue weighted by Gasteiger charge is -2.45. The zero-order chi connectivity index (χ0) is 14.0. The molecule has 2 nitrogen and oxygen atoms in total. The molecule has 0 aliphatic carbocycles. The molecule has 3 heteroatoms. The highest BCUT2D eigenvalue weighted by Crippen LogP contribution is 2.36. The van der Waals surface area contributed by atoms with E-state index >= 15 is 0 Å². The van der Waals surface area contributed by atoms with Crippen LogP contribution in [0, 0.1) is 18.2 Å². The van der Waals surface area contributed by atoms with Crippen LogP contribution in [0.2, 0.25) is 0 Å². The van der Waals surface area contributed by atoms with E-state index < -0.39 is 0 Å². The summed E-state index contributed by atoms with van der Waals surface area (Å²) in [5, 5.41) is 3.56. The smallest absolute Gasteiger partial charge is 0.123 e. The van der Waals surface area contributed by atoms with Crippen molar-refractivity contribution < 1.29 is 4.39 Å². The number of nitrogens with zero attached hydrogens (tertiary/aromatic N) is 1. The van der Waals surface area contributed by atoms with E-state index in [9.17, 15) is 4.39 Å². The van der Waals surface area contributed by atoms with E-state index in [4.69, 9.17) is 0 Å². The van der Waals surface area contributed by atoms with Crippen molar-refractivity contribution in [2.24, 2.45) is 5.41 Å². The Balaban J connectivity index is 1.69. The predicted molar refractivity (Wildman–Crippen MR) is 80.2 cm³/mol. The predicted octanol–water partition coefficient (Wildman–Crippen LogP) is 3.10. The van der Waals surface area contributed by atoms with Gasteiger partial charge in [0.05, 0.1) is 0 Å². The highest BCUT2D eigenvalue weighted by Gasteiger charge is 2.36. The third kappa shape index (κ3) is 3.04. The fraction of sp³-hybridized carbons (Fsp3) is 0.647. The number of piperidine rings is 2. The summed E-state index contributed by atoms with van der Waals surface area (Å²) in [5.74, 6) is -0.114. The van der Waals surface area contributed by atoms with E-state index in [1.165, 1.54) is 37.8 Å². The molecule has 1 N–H and O–H groups in total. The molecular weight excluding hydrogens is 251 g/mol. The average Bonchev–Trinajstić information content (AvgIpc) is 2.44. The van der Waals surface area contributed by atoms with Gasteiger partial charge in [-0.1, -0.05) is 6.07 Å². The van der Waals surface area contributed by atoms with Crippen LogP contribution in [0.25, 0.3) is 0 Å². The van der Waals surface area contributed by atoms with Crippen molar-refractivity contribution in [3.63, 3.8) is 0 Å². The highest BCUT2D eigenvalue weighted by atomic mass is 19.1. The standard InChI is InChI=1S/C17H25FN2/c1-14-4-5-16(18)10-15(14)11-20-9-3-7-17(13-20)6-2-8-19-12-17/h4-5,10,19H,2-3,6-9,11-13H2,1H3. The van der Waals surface area contributed by atoms with Crippen molar-refractivity contribution in [1.29, 1.82) is 0 Å². The first-order chi connectivity index (χ1) is 9.67. The minimum atomic E-state index is -0.114. The molecule has 1 unspecified atom stereocenters. The van der Waals surface area contributed by atoms with E-state index in [1.807, 2.05) is 6.07 Å². The summed E-state index contributed by atoms with van der Waals surface area (Å²) in [6.45, 7) is 7.62. The van der Waals surface area contributed by atoms with Gasteiger partial charge in [0.15, 0.2) is 0 Å². The maximum Gasteiger partial charge on any atom is 0.123 e. The van der Waals surface area contributed by atoms with Crippen molar-refractivity contribution in [3.05, 3.63) is 35.1 Å². The first-order valence-corrected chi connectivity index (χ1v) is 7.85. The van der Waals surface area contributed by atoms with Crippen LogP contribution in [-0.2, 0) is 6.54 Å². The van der Waals surface area contributed by atoms with Crippen LogP contribution >= 0.6 is 0 Å². The Kier molecular flexibility index (Phi) is 4.08. The number of halogens is 1. The molecule has 110 valence electrons.